The largest absolute Gasteiger partial charge is 0.494 e. The van der Waals surface area contributed by atoms with Crippen LogP contribution in [0.15, 0.2) is 48.5 Å². The molecule has 2 aliphatic heterocycles. The monoisotopic (exact) mass is 732 g/mol. The van der Waals surface area contributed by atoms with Crippen molar-refractivity contribution in [3.8, 4) is 11.5 Å². The maximum absolute atomic E-state index is 12.8. The molecule has 2 aromatic rings. The molecule has 4 aliphatic carbocycles. The van der Waals surface area contributed by atoms with Gasteiger partial charge in [0, 0.05) is 57.1 Å². The van der Waals surface area contributed by atoms with Gasteiger partial charge < -0.3 is 30.0 Å². The summed E-state index contributed by atoms with van der Waals surface area (Å²) in [5.41, 5.74) is 7.55. The lowest BCUT2D eigenvalue weighted by Crippen LogP contribution is -2.47. The van der Waals surface area contributed by atoms with Crippen molar-refractivity contribution in [2.45, 2.75) is 57.8 Å². The molecule has 3 N–H and O–H groups in total. The smallest absolute Gasteiger partial charge is 0.224 e. The second-order valence-electron chi connectivity index (χ2n) is 14.6. The number of ether oxygens (including phenoxy) is 4. The molecule has 0 aromatic heterocycles. The molecular formula is C39H58Cl2N4O5. The number of hydrogen-bond acceptors (Lipinski definition) is 8. The summed E-state index contributed by atoms with van der Waals surface area (Å²) in [6.07, 6.45) is 10.9. The van der Waals surface area contributed by atoms with Crippen LogP contribution >= 0.6 is 23.2 Å². The molecule has 11 heteroatoms. The van der Waals surface area contributed by atoms with Crippen molar-refractivity contribution in [3.05, 3.63) is 48.5 Å². The first-order valence-electron chi connectivity index (χ1n) is 18.6. The second kappa shape index (κ2) is 20.7. The lowest BCUT2D eigenvalue weighted by atomic mass is 9.49. The third kappa shape index (κ3) is 13.1. The second-order valence-corrected chi connectivity index (χ2v) is 15.5. The summed E-state index contributed by atoms with van der Waals surface area (Å²) < 4.78 is 22.2. The van der Waals surface area contributed by atoms with E-state index in [1.165, 1.54) is 38.5 Å². The lowest BCUT2D eigenvalue weighted by Gasteiger charge is -2.56. The maximum atomic E-state index is 12.8. The van der Waals surface area contributed by atoms with Gasteiger partial charge in [-0.05, 0) is 123 Å². The fourth-order valence-corrected chi connectivity index (χ4v) is 8.86. The number of nitrogen functional groups attached to an aromatic ring is 1. The predicted molar refractivity (Wildman–Crippen MR) is 202 cm³/mol. The number of alkyl halides is 2. The van der Waals surface area contributed by atoms with Crippen molar-refractivity contribution >= 4 is 40.5 Å². The molecule has 4 saturated carbocycles. The summed E-state index contributed by atoms with van der Waals surface area (Å²) in [5.74, 6) is 4.63. The zero-order valence-corrected chi connectivity index (χ0v) is 31.2. The van der Waals surface area contributed by atoms with E-state index < -0.39 is 0 Å². The van der Waals surface area contributed by atoms with Crippen molar-refractivity contribution < 1.29 is 23.7 Å². The number of carbonyl (C=O) groups excluding carboxylic acids is 1. The Bertz CT molecular complexity index is 1220. The van der Waals surface area contributed by atoms with Gasteiger partial charge in [0.25, 0.3) is 0 Å². The normalized spacial score (nSPS) is 25.8. The molecule has 0 atom stereocenters. The van der Waals surface area contributed by atoms with Crippen molar-refractivity contribution in [1.29, 1.82) is 0 Å². The van der Waals surface area contributed by atoms with E-state index in [0.717, 1.165) is 132 Å². The zero-order chi connectivity index (χ0) is 35.0. The standard InChI is InChI=1S/C25H36N2O3.C13H20N2O2.CH2Cl2/c28-24(18-25-15-19-12-20(16-25)14-21(13-19)17-25)26-22-2-4-23(5-3-22)30-9-1-6-27-7-10-29-11-8-27;14-12-2-4-13(5-3-12)17-9-1-6-15-7-10-16-11-8-15;2-1-3/h2-5,19-21H,1,6-18H2,(H,26,28);2-5H,1,6-11,14H2;1H2. The Hall–Kier alpha value is -2.27. The van der Waals surface area contributed by atoms with Gasteiger partial charge in [-0.3, -0.25) is 14.6 Å². The van der Waals surface area contributed by atoms with Crippen LogP contribution in [0.1, 0.15) is 57.8 Å². The molecule has 6 fully saturated rings. The van der Waals surface area contributed by atoms with Crippen molar-refractivity contribution in [2.75, 3.05) is 95.3 Å². The number of nitrogens with zero attached hydrogens (tertiary/aromatic N) is 2. The van der Waals surface area contributed by atoms with Crippen LogP contribution in [0, 0.1) is 23.2 Å². The van der Waals surface area contributed by atoms with E-state index in [-0.39, 0.29) is 11.2 Å². The van der Waals surface area contributed by atoms with Crippen LogP contribution in [0.2, 0.25) is 0 Å². The summed E-state index contributed by atoms with van der Waals surface area (Å²) in [6.45, 7) is 11.2. The highest BCUT2D eigenvalue weighted by atomic mass is 35.5. The Labute approximate surface area is 309 Å². The van der Waals surface area contributed by atoms with Gasteiger partial charge >= 0.3 is 0 Å². The van der Waals surface area contributed by atoms with Gasteiger partial charge in [-0.15, -0.1) is 23.2 Å². The first kappa shape index (κ1) is 38.9. The van der Waals surface area contributed by atoms with Gasteiger partial charge in [-0.2, -0.15) is 0 Å². The molecule has 278 valence electrons. The molecule has 8 rings (SSSR count). The van der Waals surface area contributed by atoms with Crippen molar-refractivity contribution in [1.82, 2.24) is 9.80 Å². The van der Waals surface area contributed by atoms with E-state index in [4.69, 9.17) is 47.9 Å². The number of nitrogens with one attached hydrogen (secondary N) is 1. The van der Waals surface area contributed by atoms with E-state index in [0.29, 0.717) is 11.8 Å². The van der Waals surface area contributed by atoms with Crippen LogP contribution in [0.4, 0.5) is 11.4 Å². The fraction of sp³-hybridized carbons (Fsp3) is 0.667. The molecule has 2 saturated heterocycles. The van der Waals surface area contributed by atoms with Crippen LogP contribution in [-0.4, -0.2) is 100.0 Å². The number of nitrogens with two attached hydrogens (primary N) is 1. The molecule has 50 heavy (non-hydrogen) atoms. The number of halogens is 2. The number of anilines is 2. The number of carbonyl (C=O) groups is 1. The molecule has 4 bridgehead atoms. The molecule has 0 spiro atoms. The topological polar surface area (TPSA) is 98.5 Å². The molecule has 2 aromatic carbocycles. The van der Waals surface area contributed by atoms with Gasteiger partial charge in [0.05, 0.1) is 45.0 Å². The van der Waals surface area contributed by atoms with E-state index in [1.807, 2.05) is 48.5 Å². The molecular weight excluding hydrogens is 675 g/mol. The highest BCUT2D eigenvalue weighted by molar-refractivity contribution is 6.40. The Morgan fingerprint density at radius 2 is 1.16 bits per heavy atom. The van der Waals surface area contributed by atoms with Gasteiger partial charge in [0.15, 0.2) is 0 Å². The van der Waals surface area contributed by atoms with Crippen LogP contribution in [-0.2, 0) is 14.3 Å². The SMILES string of the molecule is ClCCl.Nc1ccc(OCCCN2CCOCC2)cc1.O=C(CC12CC3CC(CC(C3)C1)C2)Nc1ccc(OCCCN2CCOCC2)cc1. The van der Waals surface area contributed by atoms with E-state index in [2.05, 4.69) is 15.1 Å². The maximum Gasteiger partial charge on any atom is 0.224 e. The van der Waals surface area contributed by atoms with Gasteiger partial charge in [-0.1, -0.05) is 0 Å². The minimum Gasteiger partial charge on any atom is -0.494 e. The number of morpholine rings is 2. The van der Waals surface area contributed by atoms with Gasteiger partial charge in [-0.25, -0.2) is 0 Å². The number of rotatable bonds is 13. The third-order valence-electron chi connectivity index (χ3n) is 10.7. The highest BCUT2D eigenvalue weighted by Gasteiger charge is 2.51. The number of benzene rings is 2. The van der Waals surface area contributed by atoms with Crippen LogP contribution < -0.4 is 20.5 Å². The molecule has 0 radical (unpaired) electrons. The van der Waals surface area contributed by atoms with Crippen LogP contribution in [0.25, 0.3) is 0 Å². The third-order valence-corrected chi connectivity index (χ3v) is 10.7. The fourth-order valence-electron chi connectivity index (χ4n) is 8.86. The van der Waals surface area contributed by atoms with E-state index in [9.17, 15) is 4.79 Å². The summed E-state index contributed by atoms with van der Waals surface area (Å²) in [4.78, 5) is 17.6. The first-order chi connectivity index (χ1) is 24.4. The molecule has 9 nitrogen and oxygen atoms in total. The average molecular weight is 734 g/mol. The first-order valence-corrected chi connectivity index (χ1v) is 19.7. The Morgan fingerprint density at radius 3 is 1.60 bits per heavy atom. The Morgan fingerprint density at radius 1 is 0.740 bits per heavy atom. The molecule has 6 aliphatic rings. The molecule has 0 unspecified atom stereocenters. The summed E-state index contributed by atoms with van der Waals surface area (Å²) >= 11 is 9.53. The summed E-state index contributed by atoms with van der Waals surface area (Å²) in [5, 5.41) is 3.34. The Balaban J connectivity index is 0.000000206. The molecule has 1 amide bonds. The minimum atomic E-state index is 0.191. The lowest BCUT2D eigenvalue weighted by molar-refractivity contribution is -0.124. The highest BCUT2D eigenvalue weighted by Crippen LogP contribution is 2.61. The summed E-state index contributed by atoms with van der Waals surface area (Å²) in [7, 11) is 0. The zero-order valence-electron chi connectivity index (χ0n) is 29.7. The van der Waals surface area contributed by atoms with Crippen molar-refractivity contribution in [3.63, 3.8) is 0 Å². The van der Waals surface area contributed by atoms with Crippen LogP contribution in [0.3, 0.4) is 0 Å². The van der Waals surface area contributed by atoms with Gasteiger partial charge in [0.1, 0.15) is 11.5 Å². The molecule has 2 heterocycles. The van der Waals surface area contributed by atoms with E-state index in [1.54, 1.807) is 0 Å². The van der Waals surface area contributed by atoms with Crippen molar-refractivity contribution in [2.24, 2.45) is 23.2 Å². The van der Waals surface area contributed by atoms with E-state index >= 15 is 0 Å². The summed E-state index contributed by atoms with van der Waals surface area (Å²) in [6, 6.07) is 15.4. The minimum absolute atomic E-state index is 0.191. The predicted octanol–water partition coefficient (Wildman–Crippen LogP) is 7.12. The average Bonchev–Trinajstić information content (AvgIpc) is 3.11. The Kier molecular flexibility index (Phi) is 16.1. The quantitative estimate of drug-likeness (QED) is 0.128. The van der Waals surface area contributed by atoms with Crippen LogP contribution in [0.5, 0.6) is 11.5 Å². The number of hydrogen-bond donors (Lipinski definition) is 2. The number of amides is 1. The van der Waals surface area contributed by atoms with Gasteiger partial charge in [0.2, 0.25) is 5.91 Å².